The maximum atomic E-state index is 13.3. The molecule has 0 amide bonds. The second kappa shape index (κ2) is 11.1. The minimum Gasteiger partial charge on any atom is -0.497 e. The number of pyridine rings is 1. The molecule has 4 rings (SSSR count). The summed E-state index contributed by atoms with van der Waals surface area (Å²) in [6.45, 7) is -0.975. The SMILES string of the molecule is COC(=O)C(CC(c1ccc(OC)cc1)c1ccc2ccccc2n1)(OCCF)c1ccccc1. The number of ether oxygens (including phenoxy) is 3. The summed E-state index contributed by atoms with van der Waals surface area (Å²) in [6, 6.07) is 28.6. The number of hydrogen-bond acceptors (Lipinski definition) is 5. The summed E-state index contributed by atoms with van der Waals surface area (Å²) in [6.07, 6.45) is 0.168. The topological polar surface area (TPSA) is 57.7 Å². The van der Waals surface area contributed by atoms with Gasteiger partial charge in [-0.3, -0.25) is 4.98 Å². The highest BCUT2D eigenvalue weighted by atomic mass is 19.1. The average molecular weight is 474 g/mol. The third-order valence-electron chi connectivity index (χ3n) is 6.17. The first kappa shape index (κ1) is 24.4. The van der Waals surface area contributed by atoms with E-state index in [4.69, 9.17) is 19.2 Å². The normalized spacial score (nSPS) is 13.7. The van der Waals surface area contributed by atoms with Crippen LogP contribution >= 0.6 is 0 Å². The molecule has 1 aromatic heterocycles. The molecule has 3 aromatic carbocycles. The number of aromatic nitrogens is 1. The van der Waals surface area contributed by atoms with Gasteiger partial charge < -0.3 is 14.2 Å². The Balaban J connectivity index is 1.88. The lowest BCUT2D eigenvalue weighted by Crippen LogP contribution is -2.42. The zero-order chi connectivity index (χ0) is 24.7. The van der Waals surface area contributed by atoms with E-state index in [9.17, 15) is 9.18 Å². The first-order valence-electron chi connectivity index (χ1n) is 11.4. The zero-order valence-corrected chi connectivity index (χ0v) is 19.8. The van der Waals surface area contributed by atoms with Gasteiger partial charge in [0.15, 0.2) is 5.60 Å². The Hall–Kier alpha value is -3.77. The van der Waals surface area contributed by atoms with Crippen LogP contribution in [0.1, 0.15) is 29.2 Å². The van der Waals surface area contributed by atoms with E-state index in [0.29, 0.717) is 5.56 Å². The molecular formula is C29H28FNO4. The molecule has 0 aliphatic carbocycles. The Labute approximate surface area is 204 Å². The highest BCUT2D eigenvalue weighted by molar-refractivity contribution is 5.82. The third-order valence-corrected chi connectivity index (χ3v) is 6.17. The molecule has 35 heavy (non-hydrogen) atoms. The predicted octanol–water partition coefficient (Wildman–Crippen LogP) is 5.82. The summed E-state index contributed by atoms with van der Waals surface area (Å²) in [5.41, 5.74) is 1.60. The van der Waals surface area contributed by atoms with Gasteiger partial charge in [-0.05, 0) is 35.4 Å². The van der Waals surface area contributed by atoms with Gasteiger partial charge in [-0.25, -0.2) is 9.18 Å². The Morgan fingerprint density at radius 1 is 0.914 bits per heavy atom. The van der Waals surface area contributed by atoms with Crippen LogP contribution < -0.4 is 4.74 Å². The van der Waals surface area contributed by atoms with Crippen molar-refractivity contribution in [2.24, 2.45) is 0 Å². The molecule has 4 aromatic rings. The van der Waals surface area contributed by atoms with Crippen molar-refractivity contribution in [1.82, 2.24) is 4.98 Å². The number of methoxy groups -OCH3 is 2. The van der Waals surface area contributed by atoms with Crippen LogP contribution in [0.3, 0.4) is 0 Å². The smallest absolute Gasteiger partial charge is 0.342 e. The monoisotopic (exact) mass is 473 g/mol. The number of alkyl halides is 1. The molecule has 0 saturated carbocycles. The molecule has 0 spiro atoms. The molecule has 0 N–H and O–H groups in total. The summed E-state index contributed by atoms with van der Waals surface area (Å²) in [4.78, 5) is 18.3. The number of rotatable bonds is 10. The van der Waals surface area contributed by atoms with Crippen LogP contribution in [-0.2, 0) is 19.9 Å². The Bertz CT molecular complexity index is 1260. The number of hydrogen-bond donors (Lipinski definition) is 0. The first-order valence-corrected chi connectivity index (χ1v) is 11.4. The molecule has 0 aliphatic rings. The molecule has 180 valence electrons. The molecule has 6 heteroatoms. The van der Waals surface area contributed by atoms with E-state index >= 15 is 0 Å². The molecule has 0 radical (unpaired) electrons. The van der Waals surface area contributed by atoms with E-state index in [-0.39, 0.29) is 18.9 Å². The maximum absolute atomic E-state index is 13.3. The van der Waals surface area contributed by atoms with Crippen molar-refractivity contribution >= 4 is 16.9 Å². The van der Waals surface area contributed by atoms with Crippen LogP contribution in [-0.4, -0.2) is 38.5 Å². The van der Waals surface area contributed by atoms with Crippen molar-refractivity contribution in [2.75, 3.05) is 27.5 Å². The van der Waals surface area contributed by atoms with Gasteiger partial charge in [-0.2, -0.15) is 0 Å². The molecule has 0 bridgehead atoms. The highest BCUT2D eigenvalue weighted by Crippen LogP contribution is 2.41. The van der Waals surface area contributed by atoms with Gasteiger partial charge in [0.25, 0.3) is 0 Å². The van der Waals surface area contributed by atoms with Crippen LogP contribution in [0.4, 0.5) is 4.39 Å². The van der Waals surface area contributed by atoms with Gasteiger partial charge in [0.1, 0.15) is 12.4 Å². The number of carbonyl (C=O) groups is 1. The van der Waals surface area contributed by atoms with Crippen LogP contribution in [0.5, 0.6) is 5.75 Å². The van der Waals surface area contributed by atoms with E-state index in [1.165, 1.54) is 7.11 Å². The number of para-hydroxylation sites is 1. The fourth-order valence-corrected chi connectivity index (χ4v) is 4.40. The lowest BCUT2D eigenvalue weighted by Gasteiger charge is -2.34. The van der Waals surface area contributed by atoms with Crippen LogP contribution in [0.25, 0.3) is 10.9 Å². The molecule has 2 unspecified atom stereocenters. The van der Waals surface area contributed by atoms with Crippen LogP contribution in [0, 0.1) is 0 Å². The van der Waals surface area contributed by atoms with Crippen molar-refractivity contribution in [3.05, 3.63) is 108 Å². The summed E-state index contributed by atoms with van der Waals surface area (Å²) in [7, 11) is 2.93. The molecule has 0 saturated heterocycles. The summed E-state index contributed by atoms with van der Waals surface area (Å²) < 4.78 is 29.9. The Morgan fingerprint density at radius 3 is 2.31 bits per heavy atom. The van der Waals surface area contributed by atoms with Crippen molar-refractivity contribution in [3.63, 3.8) is 0 Å². The summed E-state index contributed by atoms with van der Waals surface area (Å²) in [5, 5.41) is 1.01. The van der Waals surface area contributed by atoms with Gasteiger partial charge in [0.05, 0.1) is 26.3 Å². The average Bonchev–Trinajstić information content (AvgIpc) is 2.93. The van der Waals surface area contributed by atoms with Crippen LogP contribution in [0.15, 0.2) is 91.0 Å². The molecule has 1 heterocycles. The number of benzene rings is 3. The van der Waals surface area contributed by atoms with Gasteiger partial charge in [-0.1, -0.05) is 66.7 Å². The molecular weight excluding hydrogens is 445 g/mol. The zero-order valence-electron chi connectivity index (χ0n) is 19.8. The largest absolute Gasteiger partial charge is 0.497 e. The second-order valence-electron chi connectivity index (χ2n) is 8.18. The fraction of sp³-hybridized carbons (Fsp3) is 0.241. The summed E-state index contributed by atoms with van der Waals surface area (Å²) in [5.74, 6) is -0.226. The third kappa shape index (κ3) is 5.17. The lowest BCUT2D eigenvalue weighted by molar-refractivity contribution is -0.174. The van der Waals surface area contributed by atoms with Crippen LogP contribution in [0.2, 0.25) is 0 Å². The van der Waals surface area contributed by atoms with Gasteiger partial charge in [0, 0.05) is 23.4 Å². The standard InChI is InChI=1S/C29H28FNO4/c1-33-24-15-12-21(13-16-24)25(27-17-14-22-8-6-7-11-26(22)31-27)20-29(28(32)34-2,35-19-18-30)23-9-4-3-5-10-23/h3-17,25H,18-20H2,1-2H3. The van der Waals surface area contributed by atoms with Crippen molar-refractivity contribution in [3.8, 4) is 5.75 Å². The Kier molecular flexibility index (Phi) is 7.73. The number of nitrogens with zero attached hydrogens (tertiary/aromatic N) is 1. The minimum atomic E-state index is -1.53. The van der Waals surface area contributed by atoms with Gasteiger partial charge >= 0.3 is 5.97 Å². The number of carbonyl (C=O) groups excluding carboxylic acids is 1. The predicted molar refractivity (Wildman–Crippen MR) is 133 cm³/mol. The second-order valence-corrected chi connectivity index (χ2v) is 8.18. The van der Waals surface area contributed by atoms with E-state index in [1.807, 2.05) is 78.9 Å². The number of fused-ring (bicyclic) bond motifs is 1. The van der Waals surface area contributed by atoms with Gasteiger partial charge in [-0.15, -0.1) is 0 Å². The Morgan fingerprint density at radius 2 is 1.63 bits per heavy atom. The first-order chi connectivity index (χ1) is 17.1. The van der Waals surface area contributed by atoms with E-state index in [0.717, 1.165) is 27.9 Å². The number of halogens is 1. The van der Waals surface area contributed by atoms with Gasteiger partial charge in [0.2, 0.25) is 0 Å². The van der Waals surface area contributed by atoms with Crippen molar-refractivity contribution < 1.29 is 23.4 Å². The van der Waals surface area contributed by atoms with E-state index in [1.54, 1.807) is 19.2 Å². The van der Waals surface area contributed by atoms with E-state index in [2.05, 4.69) is 0 Å². The van der Waals surface area contributed by atoms with E-state index < -0.39 is 18.2 Å². The minimum absolute atomic E-state index is 0.168. The van der Waals surface area contributed by atoms with Crippen molar-refractivity contribution in [1.29, 1.82) is 0 Å². The molecule has 5 nitrogen and oxygen atoms in total. The molecule has 0 aliphatic heterocycles. The summed E-state index contributed by atoms with van der Waals surface area (Å²) >= 11 is 0. The quantitative estimate of drug-likeness (QED) is 0.272. The van der Waals surface area contributed by atoms with Crippen molar-refractivity contribution in [2.45, 2.75) is 17.9 Å². The molecule has 0 fully saturated rings. The lowest BCUT2D eigenvalue weighted by atomic mass is 9.79. The fourth-order valence-electron chi connectivity index (χ4n) is 4.40. The number of esters is 1. The highest BCUT2D eigenvalue weighted by Gasteiger charge is 2.45. The molecule has 2 atom stereocenters. The maximum Gasteiger partial charge on any atom is 0.342 e.